The zero-order chi connectivity index (χ0) is 14.5. The monoisotopic (exact) mass is 292 g/mol. The molecule has 1 N–H and O–H groups in total. The Labute approximate surface area is 121 Å². The van der Waals surface area contributed by atoms with Gasteiger partial charge in [-0.15, -0.1) is 0 Å². The van der Waals surface area contributed by atoms with Crippen LogP contribution in [0.15, 0.2) is 36.4 Å². The summed E-state index contributed by atoms with van der Waals surface area (Å²) < 4.78 is 10.8. The largest absolute Gasteiger partial charge is 0.508 e. The Morgan fingerprint density at radius 3 is 2.75 bits per heavy atom. The van der Waals surface area contributed by atoms with Crippen molar-refractivity contribution in [3.8, 4) is 17.2 Å². The number of carbonyl (C=O) groups is 1. The molecule has 20 heavy (non-hydrogen) atoms. The van der Waals surface area contributed by atoms with Crippen LogP contribution in [0.3, 0.4) is 0 Å². The van der Waals surface area contributed by atoms with Crippen LogP contribution in [-0.2, 0) is 6.61 Å². The van der Waals surface area contributed by atoms with Crippen LogP contribution in [0.2, 0.25) is 5.02 Å². The number of carbonyl (C=O) groups excluding carboxylic acids is 1. The van der Waals surface area contributed by atoms with Gasteiger partial charge in [0.05, 0.1) is 12.1 Å². The summed E-state index contributed by atoms with van der Waals surface area (Å²) in [6.07, 6.45) is 0.688. The Hall–Kier alpha value is -2.20. The summed E-state index contributed by atoms with van der Waals surface area (Å²) in [6.45, 7) is 0.227. The van der Waals surface area contributed by atoms with Crippen molar-refractivity contribution in [3.63, 3.8) is 0 Å². The fourth-order valence-corrected chi connectivity index (χ4v) is 2.02. The van der Waals surface area contributed by atoms with Crippen LogP contribution >= 0.6 is 11.6 Å². The van der Waals surface area contributed by atoms with E-state index in [9.17, 15) is 9.90 Å². The highest BCUT2D eigenvalue weighted by atomic mass is 35.5. The average Bonchev–Trinajstić information content (AvgIpc) is 2.45. The number of ether oxygens (including phenoxy) is 2. The minimum absolute atomic E-state index is 0.167. The fraction of sp³-hybridized carbons (Fsp3) is 0.133. The van der Waals surface area contributed by atoms with Crippen molar-refractivity contribution >= 4 is 17.9 Å². The van der Waals surface area contributed by atoms with Crippen LogP contribution in [0.1, 0.15) is 15.9 Å². The maximum Gasteiger partial charge on any atom is 0.180 e. The number of hydrogen-bond acceptors (Lipinski definition) is 4. The topological polar surface area (TPSA) is 55.8 Å². The number of hydrogen-bond donors (Lipinski definition) is 1. The zero-order valence-corrected chi connectivity index (χ0v) is 11.6. The Kier molecular flexibility index (Phi) is 4.48. The minimum Gasteiger partial charge on any atom is -0.508 e. The highest BCUT2D eigenvalue weighted by Gasteiger charge is 2.12. The van der Waals surface area contributed by atoms with Gasteiger partial charge in [-0.3, -0.25) is 4.79 Å². The molecular weight excluding hydrogens is 280 g/mol. The lowest BCUT2D eigenvalue weighted by Crippen LogP contribution is -1.99. The van der Waals surface area contributed by atoms with E-state index in [2.05, 4.69) is 0 Å². The van der Waals surface area contributed by atoms with Crippen molar-refractivity contribution in [1.29, 1.82) is 0 Å². The molecule has 2 rings (SSSR count). The standard InChI is InChI=1S/C15H13ClO4/c1-19-14-7-11(8-17)6-13(16)15(14)20-9-10-3-2-4-12(18)5-10/h2-8,18H,9H2,1H3. The first-order valence-electron chi connectivity index (χ1n) is 5.87. The van der Waals surface area contributed by atoms with E-state index in [1.54, 1.807) is 24.3 Å². The van der Waals surface area contributed by atoms with Gasteiger partial charge in [-0.05, 0) is 29.8 Å². The van der Waals surface area contributed by atoms with E-state index < -0.39 is 0 Å². The van der Waals surface area contributed by atoms with E-state index in [0.717, 1.165) is 5.56 Å². The number of phenolic OH excluding ortho intramolecular Hbond substituents is 1. The van der Waals surface area contributed by atoms with E-state index in [0.29, 0.717) is 28.4 Å². The molecule has 2 aromatic carbocycles. The van der Waals surface area contributed by atoms with Gasteiger partial charge in [-0.25, -0.2) is 0 Å². The van der Waals surface area contributed by atoms with Crippen LogP contribution in [-0.4, -0.2) is 18.5 Å². The molecule has 0 heterocycles. The third-order valence-electron chi connectivity index (χ3n) is 2.68. The van der Waals surface area contributed by atoms with E-state index in [4.69, 9.17) is 21.1 Å². The zero-order valence-electron chi connectivity index (χ0n) is 10.8. The van der Waals surface area contributed by atoms with Crippen LogP contribution in [0, 0.1) is 0 Å². The first-order chi connectivity index (χ1) is 9.63. The lowest BCUT2D eigenvalue weighted by molar-refractivity contribution is 0.112. The van der Waals surface area contributed by atoms with Crippen LogP contribution < -0.4 is 9.47 Å². The minimum atomic E-state index is 0.167. The molecule has 0 fully saturated rings. The summed E-state index contributed by atoms with van der Waals surface area (Å²) >= 11 is 6.08. The molecule has 4 nitrogen and oxygen atoms in total. The summed E-state index contributed by atoms with van der Waals surface area (Å²) in [7, 11) is 1.47. The molecule has 0 bridgehead atoms. The van der Waals surface area contributed by atoms with E-state index in [1.807, 2.05) is 6.07 Å². The molecule has 0 atom stereocenters. The van der Waals surface area contributed by atoms with Crippen LogP contribution in [0.4, 0.5) is 0 Å². The van der Waals surface area contributed by atoms with Gasteiger partial charge in [0.1, 0.15) is 18.6 Å². The third-order valence-corrected chi connectivity index (χ3v) is 2.96. The van der Waals surface area contributed by atoms with Crippen molar-refractivity contribution in [3.05, 3.63) is 52.5 Å². The molecule has 0 amide bonds. The van der Waals surface area contributed by atoms with Gasteiger partial charge in [0.2, 0.25) is 0 Å². The van der Waals surface area contributed by atoms with Gasteiger partial charge in [-0.1, -0.05) is 23.7 Å². The van der Waals surface area contributed by atoms with Gasteiger partial charge in [0, 0.05) is 5.56 Å². The molecule has 0 radical (unpaired) electrons. The maximum atomic E-state index is 10.8. The van der Waals surface area contributed by atoms with E-state index in [1.165, 1.54) is 13.2 Å². The molecule has 0 aliphatic carbocycles. The van der Waals surface area contributed by atoms with Crippen molar-refractivity contribution in [2.75, 3.05) is 7.11 Å². The fourth-order valence-electron chi connectivity index (χ4n) is 1.75. The number of aromatic hydroxyl groups is 1. The molecular formula is C15H13ClO4. The summed E-state index contributed by atoms with van der Waals surface area (Å²) in [5, 5.41) is 9.69. The summed E-state index contributed by atoms with van der Waals surface area (Å²) in [5.41, 5.74) is 1.21. The Morgan fingerprint density at radius 1 is 1.30 bits per heavy atom. The molecule has 0 saturated heterocycles. The number of phenols is 1. The predicted molar refractivity (Wildman–Crippen MR) is 75.8 cm³/mol. The highest BCUT2D eigenvalue weighted by molar-refractivity contribution is 6.32. The Morgan fingerprint density at radius 2 is 2.10 bits per heavy atom. The number of methoxy groups -OCH3 is 1. The lowest BCUT2D eigenvalue weighted by atomic mass is 10.2. The Bertz CT molecular complexity index is 625. The molecule has 0 aliphatic heterocycles. The quantitative estimate of drug-likeness (QED) is 0.858. The summed E-state index contributed by atoms with van der Waals surface area (Å²) in [4.78, 5) is 10.8. The predicted octanol–water partition coefficient (Wildman–Crippen LogP) is 3.45. The Balaban J connectivity index is 2.22. The lowest BCUT2D eigenvalue weighted by Gasteiger charge is -2.13. The van der Waals surface area contributed by atoms with Crippen LogP contribution in [0.25, 0.3) is 0 Å². The first kappa shape index (κ1) is 14.2. The normalized spacial score (nSPS) is 10.1. The third kappa shape index (κ3) is 3.22. The summed E-state index contributed by atoms with van der Waals surface area (Å²) in [6, 6.07) is 9.78. The number of rotatable bonds is 5. The van der Waals surface area contributed by atoms with Gasteiger partial charge in [0.25, 0.3) is 0 Å². The molecule has 0 aliphatic rings. The molecule has 0 aromatic heterocycles. The maximum absolute atomic E-state index is 10.8. The first-order valence-corrected chi connectivity index (χ1v) is 6.25. The van der Waals surface area contributed by atoms with Crippen molar-refractivity contribution in [2.45, 2.75) is 6.61 Å². The van der Waals surface area contributed by atoms with Gasteiger partial charge in [0.15, 0.2) is 11.5 Å². The molecule has 5 heteroatoms. The van der Waals surface area contributed by atoms with Gasteiger partial charge in [-0.2, -0.15) is 0 Å². The molecule has 0 saturated carbocycles. The second-order valence-electron chi connectivity index (χ2n) is 4.11. The van der Waals surface area contributed by atoms with Gasteiger partial charge < -0.3 is 14.6 Å². The second kappa shape index (κ2) is 6.30. The number of aldehydes is 1. The van der Waals surface area contributed by atoms with Crippen molar-refractivity contribution in [2.24, 2.45) is 0 Å². The smallest absolute Gasteiger partial charge is 0.180 e. The summed E-state index contributed by atoms with van der Waals surface area (Å²) in [5.74, 6) is 0.920. The van der Waals surface area contributed by atoms with E-state index in [-0.39, 0.29) is 12.4 Å². The number of benzene rings is 2. The van der Waals surface area contributed by atoms with E-state index >= 15 is 0 Å². The van der Waals surface area contributed by atoms with Gasteiger partial charge >= 0.3 is 0 Å². The van der Waals surface area contributed by atoms with Crippen molar-refractivity contribution in [1.82, 2.24) is 0 Å². The molecule has 0 unspecified atom stereocenters. The SMILES string of the molecule is COc1cc(C=O)cc(Cl)c1OCc1cccc(O)c1. The molecule has 0 spiro atoms. The number of halogens is 1. The second-order valence-corrected chi connectivity index (χ2v) is 4.52. The highest BCUT2D eigenvalue weighted by Crippen LogP contribution is 2.36. The average molecular weight is 293 g/mol. The molecule has 2 aromatic rings. The molecule has 104 valence electrons. The van der Waals surface area contributed by atoms with Crippen LogP contribution in [0.5, 0.6) is 17.2 Å². The van der Waals surface area contributed by atoms with Crippen molar-refractivity contribution < 1.29 is 19.4 Å².